The third-order valence-corrected chi connectivity index (χ3v) is 5.09. The number of carbonyl (C=O) groups is 2. The van der Waals surface area contributed by atoms with Gasteiger partial charge >= 0.3 is 5.97 Å². The quantitative estimate of drug-likeness (QED) is 0.608. The van der Waals surface area contributed by atoms with Crippen molar-refractivity contribution < 1.29 is 24.2 Å². The van der Waals surface area contributed by atoms with Crippen molar-refractivity contribution in [2.75, 3.05) is 13.2 Å². The van der Waals surface area contributed by atoms with Gasteiger partial charge in [-0.3, -0.25) is 4.79 Å². The fourth-order valence-electron chi connectivity index (χ4n) is 2.28. The van der Waals surface area contributed by atoms with Gasteiger partial charge in [-0.2, -0.15) is 0 Å². The number of carbonyl (C=O) groups excluding carboxylic acids is 2. The minimum Gasteiger partial charge on any atom is -0.506 e. The Hall–Kier alpha value is -1.96. The van der Waals surface area contributed by atoms with Crippen molar-refractivity contribution >= 4 is 58.0 Å². The number of amides is 1. The molecular formula is C19H19Cl2NO5S. The minimum absolute atomic E-state index is 0.0946. The SMILES string of the molecule is CCOC(=O)C1=C(O)/C(=C/c2cc(Cl)c(OCC)c(Cl)c2)SC1=NC(=O)CC. The van der Waals surface area contributed by atoms with E-state index in [0.717, 1.165) is 11.8 Å². The maximum atomic E-state index is 12.2. The van der Waals surface area contributed by atoms with Crippen molar-refractivity contribution in [2.24, 2.45) is 4.99 Å². The van der Waals surface area contributed by atoms with Crippen LogP contribution in [0.25, 0.3) is 6.08 Å². The third kappa shape index (κ3) is 5.10. The van der Waals surface area contributed by atoms with Crippen LogP contribution in [-0.2, 0) is 14.3 Å². The average molecular weight is 444 g/mol. The summed E-state index contributed by atoms with van der Waals surface area (Å²) in [6.07, 6.45) is 1.76. The molecule has 0 saturated heterocycles. The van der Waals surface area contributed by atoms with Crippen molar-refractivity contribution in [3.05, 3.63) is 44.0 Å². The van der Waals surface area contributed by atoms with Crippen LogP contribution in [0.3, 0.4) is 0 Å². The van der Waals surface area contributed by atoms with Crippen molar-refractivity contribution in [2.45, 2.75) is 27.2 Å². The van der Waals surface area contributed by atoms with Gasteiger partial charge < -0.3 is 14.6 Å². The van der Waals surface area contributed by atoms with Gasteiger partial charge in [0, 0.05) is 6.42 Å². The lowest BCUT2D eigenvalue weighted by atomic mass is 10.1. The molecule has 0 unspecified atom stereocenters. The molecule has 6 nitrogen and oxygen atoms in total. The van der Waals surface area contributed by atoms with Crippen LogP contribution in [0.1, 0.15) is 32.8 Å². The first kappa shape index (κ1) is 22.3. The molecule has 1 aromatic carbocycles. The van der Waals surface area contributed by atoms with Gasteiger partial charge in [-0.05, 0) is 37.6 Å². The first-order valence-corrected chi connectivity index (χ1v) is 10.1. The molecule has 0 fully saturated rings. The first-order valence-electron chi connectivity index (χ1n) is 8.56. The number of thioether (sulfide) groups is 1. The number of hydrogen-bond donors (Lipinski definition) is 1. The summed E-state index contributed by atoms with van der Waals surface area (Å²) in [7, 11) is 0. The van der Waals surface area contributed by atoms with Crippen molar-refractivity contribution in [3.63, 3.8) is 0 Å². The Morgan fingerprint density at radius 1 is 1.18 bits per heavy atom. The lowest BCUT2D eigenvalue weighted by Gasteiger charge is -2.09. The number of nitrogens with zero attached hydrogens (tertiary/aromatic N) is 1. The first-order chi connectivity index (χ1) is 13.3. The molecule has 0 spiro atoms. The number of hydrogen-bond acceptors (Lipinski definition) is 6. The van der Waals surface area contributed by atoms with E-state index in [-0.39, 0.29) is 29.4 Å². The predicted molar refractivity (Wildman–Crippen MR) is 112 cm³/mol. The van der Waals surface area contributed by atoms with E-state index < -0.39 is 11.9 Å². The van der Waals surface area contributed by atoms with Crippen LogP contribution in [0.15, 0.2) is 33.4 Å². The molecule has 9 heteroatoms. The van der Waals surface area contributed by atoms with Crippen molar-refractivity contribution in [3.8, 4) is 5.75 Å². The van der Waals surface area contributed by atoms with Gasteiger partial charge in [0.1, 0.15) is 16.4 Å². The van der Waals surface area contributed by atoms with Gasteiger partial charge in [0.25, 0.3) is 0 Å². The van der Waals surface area contributed by atoms with E-state index in [1.807, 2.05) is 6.92 Å². The van der Waals surface area contributed by atoms with Crippen LogP contribution < -0.4 is 4.74 Å². The topological polar surface area (TPSA) is 85.2 Å². The van der Waals surface area contributed by atoms with Gasteiger partial charge in [-0.25, -0.2) is 9.79 Å². The number of benzene rings is 1. The number of ether oxygens (including phenoxy) is 2. The van der Waals surface area contributed by atoms with Gasteiger partial charge in [-0.1, -0.05) is 41.9 Å². The maximum Gasteiger partial charge on any atom is 0.344 e. The highest BCUT2D eigenvalue weighted by Gasteiger charge is 2.33. The van der Waals surface area contributed by atoms with E-state index in [4.69, 9.17) is 32.7 Å². The Morgan fingerprint density at radius 3 is 2.36 bits per heavy atom. The Morgan fingerprint density at radius 2 is 1.82 bits per heavy atom. The van der Waals surface area contributed by atoms with E-state index in [9.17, 15) is 14.7 Å². The van der Waals surface area contributed by atoms with Crippen LogP contribution in [0, 0.1) is 0 Å². The monoisotopic (exact) mass is 443 g/mol. The van der Waals surface area contributed by atoms with Crippen LogP contribution in [0.4, 0.5) is 0 Å². The minimum atomic E-state index is -0.749. The molecule has 0 saturated carbocycles. The summed E-state index contributed by atoms with van der Waals surface area (Å²) in [6.45, 7) is 5.65. The molecule has 0 atom stereocenters. The summed E-state index contributed by atoms with van der Waals surface area (Å²) >= 11 is 13.4. The van der Waals surface area contributed by atoms with Gasteiger partial charge in [0.2, 0.25) is 5.91 Å². The van der Waals surface area contributed by atoms with E-state index in [0.29, 0.717) is 32.9 Å². The Kier molecular flexibility index (Phi) is 7.98. The molecule has 28 heavy (non-hydrogen) atoms. The highest BCUT2D eigenvalue weighted by atomic mass is 35.5. The molecule has 0 bridgehead atoms. The number of aliphatic hydroxyl groups excluding tert-OH is 1. The summed E-state index contributed by atoms with van der Waals surface area (Å²) < 4.78 is 10.4. The van der Waals surface area contributed by atoms with Crippen LogP contribution in [0.5, 0.6) is 5.75 Å². The molecule has 1 heterocycles. The Balaban J connectivity index is 2.49. The smallest absolute Gasteiger partial charge is 0.344 e. The summed E-state index contributed by atoms with van der Waals surface area (Å²) in [5, 5.41) is 11.3. The number of rotatable bonds is 6. The number of aliphatic imine (C=N–C) groups is 1. The molecule has 150 valence electrons. The van der Waals surface area contributed by atoms with Crippen LogP contribution in [-0.4, -0.2) is 35.2 Å². The fraction of sp³-hybridized carbons (Fsp3) is 0.316. The predicted octanol–water partition coefficient (Wildman–Crippen LogP) is 5.19. The molecule has 0 radical (unpaired) electrons. The third-order valence-electron chi connectivity index (χ3n) is 3.51. The fourth-order valence-corrected chi connectivity index (χ4v) is 3.93. The lowest BCUT2D eigenvalue weighted by molar-refractivity contribution is -0.138. The lowest BCUT2D eigenvalue weighted by Crippen LogP contribution is -2.14. The molecule has 0 aromatic heterocycles. The second-order valence-corrected chi connectivity index (χ2v) is 7.31. The Labute approximate surface area is 177 Å². The molecule has 1 aliphatic heterocycles. The van der Waals surface area contributed by atoms with Crippen molar-refractivity contribution in [1.82, 2.24) is 0 Å². The summed E-state index contributed by atoms with van der Waals surface area (Å²) in [6, 6.07) is 3.24. The summed E-state index contributed by atoms with van der Waals surface area (Å²) in [5.74, 6) is -1.10. The molecule has 1 aliphatic rings. The van der Waals surface area contributed by atoms with E-state index in [1.54, 1.807) is 32.1 Å². The molecule has 2 rings (SSSR count). The molecule has 1 N–H and O–H groups in total. The zero-order chi connectivity index (χ0) is 20.8. The Bertz CT molecular complexity index is 869. The molecule has 0 aliphatic carbocycles. The van der Waals surface area contributed by atoms with E-state index in [1.165, 1.54) is 0 Å². The molecule has 1 aromatic rings. The van der Waals surface area contributed by atoms with E-state index in [2.05, 4.69) is 4.99 Å². The zero-order valence-corrected chi connectivity index (χ0v) is 17.9. The number of halogens is 2. The average Bonchev–Trinajstić information content (AvgIpc) is 2.93. The largest absolute Gasteiger partial charge is 0.506 e. The van der Waals surface area contributed by atoms with E-state index >= 15 is 0 Å². The second-order valence-electron chi connectivity index (χ2n) is 5.47. The molecule has 1 amide bonds. The normalized spacial score (nSPS) is 16.8. The zero-order valence-electron chi connectivity index (χ0n) is 15.5. The summed E-state index contributed by atoms with van der Waals surface area (Å²) in [4.78, 5) is 28.2. The molecular weight excluding hydrogens is 425 g/mol. The summed E-state index contributed by atoms with van der Waals surface area (Å²) in [5.41, 5.74) is 0.446. The highest BCUT2D eigenvalue weighted by molar-refractivity contribution is 8.18. The highest BCUT2D eigenvalue weighted by Crippen LogP contribution is 2.41. The second kappa shape index (κ2) is 10.0. The van der Waals surface area contributed by atoms with Gasteiger partial charge in [0.05, 0.1) is 28.2 Å². The van der Waals surface area contributed by atoms with Gasteiger partial charge in [0.15, 0.2) is 5.75 Å². The number of aliphatic hydroxyl groups is 1. The number of esters is 1. The standard InChI is InChI=1S/C19H19Cl2NO5S/c1-4-14(23)22-18-15(19(25)27-6-3)16(24)13(28-18)9-10-7-11(20)17(26-5-2)12(21)8-10/h7-9,24H,4-6H2,1-3H3/b13-9-,22-18?. The van der Waals surface area contributed by atoms with Crippen LogP contribution in [0.2, 0.25) is 10.0 Å². The van der Waals surface area contributed by atoms with Gasteiger partial charge in [-0.15, -0.1) is 0 Å². The van der Waals surface area contributed by atoms with Crippen molar-refractivity contribution in [1.29, 1.82) is 0 Å². The van der Waals surface area contributed by atoms with Crippen LogP contribution >= 0.6 is 35.0 Å². The maximum absolute atomic E-state index is 12.2.